The van der Waals surface area contributed by atoms with Crippen molar-refractivity contribution in [1.82, 2.24) is 5.32 Å². The lowest BCUT2D eigenvalue weighted by atomic mass is 9.96. The molecule has 0 aliphatic carbocycles. The van der Waals surface area contributed by atoms with Crippen LogP contribution < -0.4 is 10.1 Å². The molecule has 0 bridgehead atoms. The van der Waals surface area contributed by atoms with Crippen molar-refractivity contribution in [1.29, 1.82) is 0 Å². The molecule has 2 heteroatoms. The number of benzene rings is 1. The van der Waals surface area contributed by atoms with Crippen LogP contribution >= 0.6 is 0 Å². The maximum absolute atomic E-state index is 5.69. The zero-order chi connectivity index (χ0) is 12.1. The minimum atomic E-state index is 0.604. The third kappa shape index (κ3) is 3.47. The topological polar surface area (TPSA) is 21.3 Å². The van der Waals surface area contributed by atoms with Gasteiger partial charge >= 0.3 is 0 Å². The highest BCUT2D eigenvalue weighted by Gasteiger charge is 2.22. The lowest BCUT2D eigenvalue weighted by molar-refractivity contribution is 0.322. The first-order chi connectivity index (χ1) is 8.27. The van der Waals surface area contributed by atoms with Crippen LogP contribution in [0.2, 0.25) is 0 Å². The molecule has 1 aromatic carbocycles. The van der Waals surface area contributed by atoms with Crippen LogP contribution in [0.15, 0.2) is 24.3 Å². The summed E-state index contributed by atoms with van der Waals surface area (Å²) >= 11 is 0. The molecular formula is C15H23NO. The van der Waals surface area contributed by atoms with E-state index in [0.717, 1.165) is 31.4 Å². The molecule has 1 heterocycles. The van der Waals surface area contributed by atoms with Gasteiger partial charge < -0.3 is 10.1 Å². The Balaban J connectivity index is 1.71. The first-order valence-corrected chi connectivity index (χ1v) is 6.70. The summed E-state index contributed by atoms with van der Waals surface area (Å²) in [5, 5.41) is 3.49. The summed E-state index contributed by atoms with van der Waals surface area (Å²) in [7, 11) is 0. The van der Waals surface area contributed by atoms with Gasteiger partial charge in [0.2, 0.25) is 0 Å². The molecule has 1 aromatic rings. The van der Waals surface area contributed by atoms with Crippen molar-refractivity contribution in [2.75, 3.05) is 19.7 Å². The molecule has 1 N–H and O–H groups in total. The van der Waals surface area contributed by atoms with E-state index in [4.69, 9.17) is 4.74 Å². The smallest absolute Gasteiger partial charge is 0.122 e. The number of para-hydroxylation sites is 1. The van der Waals surface area contributed by atoms with E-state index in [1.807, 2.05) is 6.07 Å². The monoisotopic (exact) mass is 233 g/mol. The van der Waals surface area contributed by atoms with Crippen molar-refractivity contribution in [2.24, 2.45) is 5.92 Å². The summed E-state index contributed by atoms with van der Waals surface area (Å²) in [6, 6.07) is 8.43. The molecular weight excluding hydrogens is 210 g/mol. The molecule has 1 atom stereocenters. The minimum Gasteiger partial charge on any atom is -0.493 e. The quantitative estimate of drug-likeness (QED) is 0.762. The van der Waals surface area contributed by atoms with Crippen molar-refractivity contribution in [3.63, 3.8) is 0 Å². The lowest BCUT2D eigenvalue weighted by Crippen LogP contribution is -2.21. The fourth-order valence-electron chi connectivity index (χ4n) is 2.33. The molecule has 0 radical (unpaired) electrons. The number of nitrogens with one attached hydrogen (secondary N) is 1. The van der Waals surface area contributed by atoms with Crippen LogP contribution in [0.25, 0.3) is 0 Å². The van der Waals surface area contributed by atoms with Gasteiger partial charge in [-0.2, -0.15) is 0 Å². The van der Waals surface area contributed by atoms with Crippen molar-refractivity contribution >= 4 is 0 Å². The van der Waals surface area contributed by atoms with Gasteiger partial charge in [0.15, 0.2) is 0 Å². The molecule has 1 aliphatic rings. The Morgan fingerprint density at radius 1 is 1.35 bits per heavy atom. The van der Waals surface area contributed by atoms with Gasteiger partial charge in [0.25, 0.3) is 0 Å². The van der Waals surface area contributed by atoms with Crippen molar-refractivity contribution in [3.05, 3.63) is 29.8 Å². The molecule has 0 amide bonds. The standard InChI is InChI=1S/C15H23NO/c1-12(2)10-16-9-5-6-13-11-17-15-8-4-3-7-14(13)15/h3-4,7-8,12-13,16H,5-6,9-11H2,1-2H3. The summed E-state index contributed by atoms with van der Waals surface area (Å²) in [5.41, 5.74) is 1.40. The van der Waals surface area contributed by atoms with Gasteiger partial charge in [0, 0.05) is 11.5 Å². The van der Waals surface area contributed by atoms with Crippen molar-refractivity contribution in [3.8, 4) is 5.75 Å². The molecule has 17 heavy (non-hydrogen) atoms. The average Bonchev–Trinajstić information content (AvgIpc) is 2.72. The molecule has 0 saturated carbocycles. The van der Waals surface area contributed by atoms with Crippen LogP contribution in [0.4, 0.5) is 0 Å². The zero-order valence-electron chi connectivity index (χ0n) is 10.9. The predicted octanol–water partition coefficient (Wildman–Crippen LogP) is 3.19. The van der Waals surface area contributed by atoms with E-state index in [1.165, 1.54) is 18.4 Å². The Kier molecular flexibility index (Phi) is 4.43. The molecule has 0 aromatic heterocycles. The van der Waals surface area contributed by atoms with Gasteiger partial charge in [-0.1, -0.05) is 32.0 Å². The molecule has 2 nitrogen and oxygen atoms in total. The Morgan fingerprint density at radius 3 is 3.00 bits per heavy atom. The highest BCUT2D eigenvalue weighted by atomic mass is 16.5. The normalized spacial score (nSPS) is 18.2. The first-order valence-electron chi connectivity index (χ1n) is 6.70. The number of ether oxygens (including phenoxy) is 1. The zero-order valence-corrected chi connectivity index (χ0v) is 10.9. The molecule has 0 spiro atoms. The Hall–Kier alpha value is -1.02. The summed E-state index contributed by atoms with van der Waals surface area (Å²) in [5.74, 6) is 2.44. The largest absolute Gasteiger partial charge is 0.493 e. The lowest BCUT2D eigenvalue weighted by Gasteiger charge is -2.10. The van der Waals surface area contributed by atoms with Crippen LogP contribution in [0.5, 0.6) is 5.75 Å². The number of rotatable bonds is 6. The van der Waals surface area contributed by atoms with E-state index in [-0.39, 0.29) is 0 Å². The highest BCUT2D eigenvalue weighted by Crippen LogP contribution is 2.35. The summed E-state index contributed by atoms with van der Waals surface area (Å²) in [4.78, 5) is 0. The Labute approximate surface area is 104 Å². The van der Waals surface area contributed by atoms with E-state index in [2.05, 4.69) is 37.4 Å². The van der Waals surface area contributed by atoms with Crippen LogP contribution in [0.1, 0.15) is 38.2 Å². The first kappa shape index (κ1) is 12.4. The molecule has 0 saturated heterocycles. The van der Waals surface area contributed by atoms with Gasteiger partial charge in [-0.3, -0.25) is 0 Å². The van der Waals surface area contributed by atoms with E-state index < -0.39 is 0 Å². The maximum atomic E-state index is 5.69. The van der Waals surface area contributed by atoms with Crippen molar-refractivity contribution in [2.45, 2.75) is 32.6 Å². The third-order valence-electron chi connectivity index (χ3n) is 3.26. The van der Waals surface area contributed by atoms with Crippen molar-refractivity contribution < 1.29 is 4.74 Å². The highest BCUT2D eigenvalue weighted by molar-refractivity contribution is 5.39. The molecule has 0 fully saturated rings. The maximum Gasteiger partial charge on any atom is 0.122 e. The second kappa shape index (κ2) is 6.06. The van der Waals surface area contributed by atoms with Crippen LogP contribution in [0, 0.1) is 5.92 Å². The molecule has 94 valence electrons. The van der Waals surface area contributed by atoms with Gasteiger partial charge in [-0.25, -0.2) is 0 Å². The third-order valence-corrected chi connectivity index (χ3v) is 3.26. The Bertz CT molecular complexity index is 349. The fraction of sp³-hybridized carbons (Fsp3) is 0.600. The van der Waals surface area contributed by atoms with Crippen LogP contribution in [0.3, 0.4) is 0 Å². The van der Waals surface area contributed by atoms with Gasteiger partial charge in [-0.15, -0.1) is 0 Å². The fourth-order valence-corrected chi connectivity index (χ4v) is 2.33. The van der Waals surface area contributed by atoms with E-state index >= 15 is 0 Å². The second-order valence-electron chi connectivity index (χ2n) is 5.29. The predicted molar refractivity (Wildman–Crippen MR) is 71.6 cm³/mol. The SMILES string of the molecule is CC(C)CNCCCC1COc2ccccc21. The summed E-state index contributed by atoms with van der Waals surface area (Å²) in [6.45, 7) is 7.60. The van der Waals surface area contributed by atoms with Gasteiger partial charge in [0.1, 0.15) is 5.75 Å². The number of fused-ring (bicyclic) bond motifs is 1. The Morgan fingerprint density at radius 2 is 2.18 bits per heavy atom. The van der Waals surface area contributed by atoms with E-state index in [1.54, 1.807) is 0 Å². The van der Waals surface area contributed by atoms with E-state index in [9.17, 15) is 0 Å². The van der Waals surface area contributed by atoms with Gasteiger partial charge in [-0.05, 0) is 37.9 Å². The van der Waals surface area contributed by atoms with E-state index in [0.29, 0.717) is 5.92 Å². The molecule has 2 rings (SSSR count). The average molecular weight is 233 g/mol. The number of hydrogen-bond donors (Lipinski definition) is 1. The summed E-state index contributed by atoms with van der Waals surface area (Å²) in [6.07, 6.45) is 2.46. The number of hydrogen-bond acceptors (Lipinski definition) is 2. The van der Waals surface area contributed by atoms with Crippen LogP contribution in [-0.4, -0.2) is 19.7 Å². The second-order valence-corrected chi connectivity index (χ2v) is 5.29. The minimum absolute atomic E-state index is 0.604. The molecule has 1 unspecified atom stereocenters. The van der Waals surface area contributed by atoms with Crippen LogP contribution in [-0.2, 0) is 0 Å². The summed E-state index contributed by atoms with van der Waals surface area (Å²) < 4.78 is 5.69. The van der Waals surface area contributed by atoms with Gasteiger partial charge in [0.05, 0.1) is 6.61 Å². The molecule has 1 aliphatic heterocycles.